The molecular formula is C35H28F3N3O4. The number of aromatic nitrogens is 1. The van der Waals surface area contributed by atoms with Crippen molar-refractivity contribution in [3.05, 3.63) is 141 Å². The molecule has 0 aliphatic heterocycles. The maximum atomic E-state index is 13.5. The molecule has 45 heavy (non-hydrogen) atoms. The molecule has 0 radical (unpaired) electrons. The summed E-state index contributed by atoms with van der Waals surface area (Å²) in [5.74, 6) is -1.35. The van der Waals surface area contributed by atoms with Gasteiger partial charge in [-0.05, 0) is 60.0 Å². The van der Waals surface area contributed by atoms with E-state index in [9.17, 15) is 27.9 Å². The summed E-state index contributed by atoms with van der Waals surface area (Å²) >= 11 is 0. The lowest BCUT2D eigenvalue weighted by Crippen LogP contribution is -2.38. The zero-order chi connectivity index (χ0) is 31.7. The molecule has 3 N–H and O–H groups in total. The van der Waals surface area contributed by atoms with E-state index in [1.165, 1.54) is 17.0 Å². The molecular weight excluding hydrogens is 583 g/mol. The predicted octanol–water partition coefficient (Wildman–Crippen LogP) is 7.57. The van der Waals surface area contributed by atoms with Gasteiger partial charge < -0.3 is 19.8 Å². The van der Waals surface area contributed by atoms with Crippen LogP contribution in [-0.4, -0.2) is 29.7 Å². The molecule has 228 valence electrons. The molecule has 6 rings (SSSR count). The van der Waals surface area contributed by atoms with E-state index < -0.39 is 23.3 Å². The van der Waals surface area contributed by atoms with Gasteiger partial charge in [0.2, 0.25) is 0 Å². The molecule has 2 aromatic heterocycles. The number of rotatable bonds is 7. The third-order valence-electron chi connectivity index (χ3n) is 7.91. The fraction of sp³-hybridized carbons (Fsp3) is 0.143. The number of fused-ring (bicyclic) bond motifs is 2. The fourth-order valence-electron chi connectivity index (χ4n) is 5.66. The molecule has 7 nitrogen and oxygen atoms in total. The first-order valence-corrected chi connectivity index (χ1v) is 14.2. The Labute approximate surface area is 255 Å². The minimum Gasteiger partial charge on any atom is -0.507 e. The van der Waals surface area contributed by atoms with Crippen LogP contribution in [0, 0.1) is 0 Å². The lowest BCUT2D eigenvalue weighted by molar-refractivity contribution is -0.137. The van der Waals surface area contributed by atoms with Crippen LogP contribution in [0.1, 0.15) is 33.9 Å². The minimum atomic E-state index is -4.56. The molecule has 1 atom stereocenters. The van der Waals surface area contributed by atoms with Gasteiger partial charge in [0.25, 0.3) is 0 Å². The van der Waals surface area contributed by atoms with Crippen LogP contribution in [0.15, 0.2) is 112 Å². The second-order valence-electron chi connectivity index (χ2n) is 10.6. The zero-order valence-corrected chi connectivity index (χ0v) is 24.1. The molecule has 2 amide bonds. The number of urea groups is 1. The number of nitrogens with zero attached hydrogens (tertiary/aromatic N) is 1. The third kappa shape index (κ3) is 5.74. The third-order valence-corrected chi connectivity index (χ3v) is 7.91. The van der Waals surface area contributed by atoms with E-state index >= 15 is 0 Å². The van der Waals surface area contributed by atoms with Crippen LogP contribution >= 0.6 is 0 Å². The molecule has 0 bridgehead atoms. The molecule has 6 aromatic rings. The molecule has 4 aromatic carbocycles. The van der Waals surface area contributed by atoms with Crippen molar-refractivity contribution in [2.75, 3.05) is 18.5 Å². The van der Waals surface area contributed by atoms with Gasteiger partial charge in [0.1, 0.15) is 11.3 Å². The van der Waals surface area contributed by atoms with Gasteiger partial charge in [-0.3, -0.25) is 4.90 Å². The van der Waals surface area contributed by atoms with Crippen molar-refractivity contribution >= 4 is 33.6 Å². The van der Waals surface area contributed by atoms with E-state index in [2.05, 4.69) is 10.3 Å². The monoisotopic (exact) mass is 611 g/mol. The highest BCUT2D eigenvalue weighted by Gasteiger charge is 2.33. The molecule has 0 saturated carbocycles. The van der Waals surface area contributed by atoms with E-state index in [-0.39, 0.29) is 34.9 Å². The van der Waals surface area contributed by atoms with Crippen molar-refractivity contribution in [3.63, 3.8) is 0 Å². The number of anilines is 1. The Kier molecular flexibility index (Phi) is 7.80. The standard InChI is InChI=1S/C35H28F3N3O4/c1-41(23-9-3-2-4-10-23)34(44)39-20-19-25-24-11-5-7-13-27(24)40-31(25)29(21-15-17-22(18-16-21)35(36,37)38)30-32(42)26-12-6-8-14-28(26)45-33(30)43/h2-18,29,40,42H,19-20H2,1H3,(H,39,44). The van der Waals surface area contributed by atoms with Gasteiger partial charge in [0.05, 0.1) is 22.4 Å². The lowest BCUT2D eigenvalue weighted by atomic mass is 9.85. The van der Waals surface area contributed by atoms with Crippen molar-refractivity contribution < 1.29 is 27.5 Å². The van der Waals surface area contributed by atoms with Gasteiger partial charge in [-0.2, -0.15) is 13.2 Å². The van der Waals surface area contributed by atoms with Crippen LogP contribution in [-0.2, 0) is 12.6 Å². The number of amides is 2. The predicted molar refractivity (Wildman–Crippen MR) is 167 cm³/mol. The zero-order valence-electron chi connectivity index (χ0n) is 24.1. The Hall–Kier alpha value is -5.51. The number of carbonyl (C=O) groups excluding carboxylic acids is 1. The summed E-state index contributed by atoms with van der Waals surface area (Å²) in [4.78, 5) is 31.3. The van der Waals surface area contributed by atoms with Crippen LogP contribution in [0.25, 0.3) is 21.9 Å². The Balaban J connectivity index is 1.46. The number of benzene rings is 4. The Morgan fingerprint density at radius 2 is 1.56 bits per heavy atom. The van der Waals surface area contributed by atoms with E-state index in [1.807, 2.05) is 54.6 Å². The highest BCUT2D eigenvalue weighted by Crippen LogP contribution is 2.42. The maximum absolute atomic E-state index is 13.5. The number of alkyl halides is 3. The average Bonchev–Trinajstić information content (AvgIpc) is 3.40. The second-order valence-corrected chi connectivity index (χ2v) is 10.6. The fourth-order valence-corrected chi connectivity index (χ4v) is 5.66. The van der Waals surface area contributed by atoms with E-state index in [0.717, 1.165) is 28.6 Å². The Bertz CT molecular complexity index is 2050. The van der Waals surface area contributed by atoms with E-state index in [0.29, 0.717) is 23.4 Å². The Morgan fingerprint density at radius 3 is 2.27 bits per heavy atom. The summed E-state index contributed by atoms with van der Waals surface area (Å²) < 4.78 is 46.1. The molecule has 10 heteroatoms. The SMILES string of the molecule is CN(C(=O)NCCc1c(C(c2ccc(C(F)(F)F)cc2)c2c(O)c3ccccc3oc2=O)[nH]c2ccccc12)c1ccccc1. The van der Waals surface area contributed by atoms with Crippen molar-refractivity contribution in [3.8, 4) is 5.75 Å². The summed E-state index contributed by atoms with van der Waals surface area (Å²) in [6.07, 6.45) is -4.25. The summed E-state index contributed by atoms with van der Waals surface area (Å²) in [6, 6.07) is 27.2. The highest BCUT2D eigenvalue weighted by molar-refractivity contribution is 5.91. The first kappa shape index (κ1) is 29.6. The topological polar surface area (TPSA) is 98.6 Å². The number of para-hydroxylation sites is 3. The molecule has 0 spiro atoms. The number of hydrogen-bond acceptors (Lipinski definition) is 4. The van der Waals surface area contributed by atoms with Crippen LogP contribution in [0.3, 0.4) is 0 Å². The number of carbonyl (C=O) groups is 1. The van der Waals surface area contributed by atoms with Crippen LogP contribution in [0.5, 0.6) is 5.75 Å². The number of halogens is 3. The molecule has 0 fully saturated rings. The lowest BCUT2D eigenvalue weighted by Gasteiger charge is -2.21. The molecule has 2 heterocycles. The van der Waals surface area contributed by atoms with E-state index in [4.69, 9.17) is 4.42 Å². The largest absolute Gasteiger partial charge is 0.507 e. The normalized spacial score (nSPS) is 12.4. The van der Waals surface area contributed by atoms with Crippen molar-refractivity contribution in [2.45, 2.75) is 18.5 Å². The smallest absolute Gasteiger partial charge is 0.416 e. The van der Waals surface area contributed by atoms with Crippen LogP contribution in [0.2, 0.25) is 0 Å². The quantitative estimate of drug-likeness (QED) is 0.162. The summed E-state index contributed by atoms with van der Waals surface area (Å²) in [7, 11) is 1.66. The number of aromatic hydroxyl groups is 1. The van der Waals surface area contributed by atoms with Crippen LogP contribution in [0.4, 0.5) is 23.7 Å². The van der Waals surface area contributed by atoms with Gasteiger partial charge >= 0.3 is 17.8 Å². The van der Waals surface area contributed by atoms with Gasteiger partial charge in [-0.1, -0.05) is 60.7 Å². The minimum absolute atomic E-state index is 0.117. The molecule has 0 aliphatic carbocycles. The van der Waals surface area contributed by atoms with Gasteiger partial charge in [0, 0.05) is 35.9 Å². The Morgan fingerprint density at radius 1 is 0.911 bits per heavy atom. The van der Waals surface area contributed by atoms with Gasteiger partial charge in [0.15, 0.2) is 0 Å². The van der Waals surface area contributed by atoms with Gasteiger partial charge in [-0.25, -0.2) is 9.59 Å². The molecule has 0 aliphatic rings. The second kappa shape index (κ2) is 11.9. The summed E-state index contributed by atoms with van der Waals surface area (Å²) in [5.41, 5.74) is 1.37. The first-order chi connectivity index (χ1) is 21.6. The van der Waals surface area contributed by atoms with Crippen molar-refractivity contribution in [1.29, 1.82) is 0 Å². The van der Waals surface area contributed by atoms with Crippen molar-refractivity contribution in [1.82, 2.24) is 10.3 Å². The molecule has 0 saturated heterocycles. The van der Waals surface area contributed by atoms with Crippen LogP contribution < -0.4 is 15.8 Å². The number of aromatic amines is 1. The van der Waals surface area contributed by atoms with E-state index in [1.54, 1.807) is 31.3 Å². The number of H-pyrrole nitrogens is 1. The first-order valence-electron chi connectivity index (χ1n) is 14.2. The van der Waals surface area contributed by atoms with Gasteiger partial charge in [-0.15, -0.1) is 0 Å². The highest BCUT2D eigenvalue weighted by atomic mass is 19.4. The summed E-state index contributed by atoms with van der Waals surface area (Å²) in [6.45, 7) is 0.211. The average molecular weight is 612 g/mol. The summed E-state index contributed by atoms with van der Waals surface area (Å²) in [5, 5.41) is 15.5. The molecule has 1 unspecified atom stereocenters. The number of hydrogen-bond donors (Lipinski definition) is 3. The maximum Gasteiger partial charge on any atom is 0.416 e. The van der Waals surface area contributed by atoms with Crippen molar-refractivity contribution in [2.24, 2.45) is 0 Å². The number of nitrogens with one attached hydrogen (secondary N) is 2.